The summed E-state index contributed by atoms with van der Waals surface area (Å²) in [6.45, 7) is 5.12. The Bertz CT molecular complexity index is 1180. The van der Waals surface area contributed by atoms with E-state index >= 15 is 0 Å². The van der Waals surface area contributed by atoms with Crippen molar-refractivity contribution in [3.05, 3.63) is 71.8 Å². The van der Waals surface area contributed by atoms with Crippen LogP contribution in [0.1, 0.15) is 26.3 Å². The summed E-state index contributed by atoms with van der Waals surface area (Å²) >= 11 is 0. The Labute approximate surface area is 225 Å². The number of nitrogens with one attached hydrogen (secondary N) is 1. The van der Waals surface area contributed by atoms with Gasteiger partial charge in [0, 0.05) is 13.2 Å². The molecule has 0 bridgehead atoms. The van der Waals surface area contributed by atoms with Gasteiger partial charge in [0.15, 0.2) is 6.10 Å². The number of aliphatic hydroxyl groups is 3. The van der Waals surface area contributed by atoms with Gasteiger partial charge in [-0.2, -0.15) is 0 Å². The normalized spacial score (nSPS) is 19.1. The lowest BCUT2D eigenvalue weighted by Gasteiger charge is -2.29. The first-order valence-electron chi connectivity index (χ1n) is 12.4. The number of allylic oxidation sites excluding steroid dienone is 1. The second-order valence-corrected chi connectivity index (χ2v) is 10.4. The Morgan fingerprint density at radius 1 is 1.15 bits per heavy atom. The lowest BCUT2D eigenvalue weighted by atomic mass is 9.94. The third-order valence-corrected chi connectivity index (χ3v) is 6.02. The van der Waals surface area contributed by atoms with Crippen molar-refractivity contribution in [1.82, 2.24) is 5.32 Å². The molecule has 1 heterocycles. The van der Waals surface area contributed by atoms with Crippen LogP contribution in [-0.2, 0) is 20.9 Å². The fourth-order valence-electron chi connectivity index (χ4n) is 4.04. The molecule has 0 aromatic heterocycles. The van der Waals surface area contributed by atoms with Gasteiger partial charge in [-0.3, -0.25) is 9.59 Å². The molecular formula is C28H34F2N2O7. The number of anilines is 1. The highest BCUT2D eigenvalue weighted by molar-refractivity contribution is 6.01. The summed E-state index contributed by atoms with van der Waals surface area (Å²) in [5, 5.41) is 33.8. The summed E-state index contributed by atoms with van der Waals surface area (Å²) in [4.78, 5) is 27.9. The Morgan fingerprint density at radius 2 is 1.79 bits per heavy atom. The molecule has 11 heteroatoms. The second-order valence-electron chi connectivity index (χ2n) is 10.4. The highest BCUT2D eigenvalue weighted by atomic mass is 19.1. The zero-order chi connectivity index (χ0) is 28.9. The summed E-state index contributed by atoms with van der Waals surface area (Å²) < 4.78 is 38.5. The highest BCUT2D eigenvalue weighted by Gasteiger charge is 2.39. The molecule has 0 saturated heterocycles. The van der Waals surface area contributed by atoms with Gasteiger partial charge in [-0.15, -0.1) is 0 Å². The highest BCUT2D eigenvalue weighted by Crippen LogP contribution is 2.32. The minimum absolute atomic E-state index is 0.174. The van der Waals surface area contributed by atoms with Gasteiger partial charge < -0.3 is 35.0 Å². The molecule has 2 aromatic rings. The number of aliphatic hydroxyl groups excluding tert-OH is 3. The Hall–Kier alpha value is -3.38. The first-order valence-corrected chi connectivity index (χ1v) is 12.4. The zero-order valence-corrected chi connectivity index (χ0v) is 22.2. The van der Waals surface area contributed by atoms with Crippen molar-refractivity contribution < 1.29 is 43.2 Å². The first kappa shape index (κ1) is 30.2. The van der Waals surface area contributed by atoms with Gasteiger partial charge in [-0.1, -0.05) is 45.1 Å². The van der Waals surface area contributed by atoms with Gasteiger partial charge in [-0.05, 0) is 35.2 Å². The minimum Gasteiger partial charge on any atom is -0.489 e. The average molecular weight is 549 g/mol. The van der Waals surface area contributed by atoms with Crippen LogP contribution in [0.15, 0.2) is 54.6 Å². The molecule has 0 fully saturated rings. The fraction of sp³-hybridized carbons (Fsp3) is 0.429. The van der Waals surface area contributed by atoms with Crippen molar-refractivity contribution in [1.29, 1.82) is 0 Å². The van der Waals surface area contributed by atoms with E-state index in [1.807, 2.05) is 20.8 Å². The number of para-hydroxylation sites is 2. The first-order chi connectivity index (χ1) is 18.3. The van der Waals surface area contributed by atoms with Crippen LogP contribution in [0.2, 0.25) is 0 Å². The van der Waals surface area contributed by atoms with Crippen LogP contribution >= 0.6 is 0 Å². The summed E-state index contributed by atoms with van der Waals surface area (Å²) in [7, 11) is 1.13. The number of carbonyl (C=O) groups excluding carboxylic acids is 2. The van der Waals surface area contributed by atoms with E-state index in [1.54, 1.807) is 30.3 Å². The number of methoxy groups -OCH3 is 1. The molecule has 0 aliphatic carbocycles. The fourth-order valence-corrected chi connectivity index (χ4v) is 4.04. The van der Waals surface area contributed by atoms with Gasteiger partial charge in [0.1, 0.15) is 48.3 Å². The number of fused-ring (bicyclic) bond motifs is 1. The van der Waals surface area contributed by atoms with Crippen LogP contribution < -0.4 is 15.0 Å². The van der Waals surface area contributed by atoms with Crippen molar-refractivity contribution in [2.45, 2.75) is 57.8 Å². The van der Waals surface area contributed by atoms with E-state index in [1.165, 1.54) is 11.0 Å². The predicted octanol–water partition coefficient (Wildman–Crippen LogP) is 2.08. The summed E-state index contributed by atoms with van der Waals surface area (Å²) in [6, 6.07) is 8.16. The third kappa shape index (κ3) is 7.82. The van der Waals surface area contributed by atoms with Crippen LogP contribution in [0, 0.1) is 17.0 Å². The van der Waals surface area contributed by atoms with E-state index in [9.17, 15) is 33.7 Å². The van der Waals surface area contributed by atoms with Crippen LogP contribution in [0.5, 0.6) is 5.75 Å². The number of hydrogen-bond acceptors (Lipinski definition) is 7. The predicted molar refractivity (Wildman–Crippen MR) is 139 cm³/mol. The number of benzene rings is 2. The topological polar surface area (TPSA) is 129 Å². The SMILES string of the molecule is CO[C@@H](C(=O)NC1COc2ccccc2N(Cc2cc(F)cc(F)c2)C1=O)[C@H](O)[C@@H](O)[C@H](O)/C=C/C(C)(C)C. The molecule has 0 radical (unpaired) electrons. The Balaban J connectivity index is 1.81. The average Bonchev–Trinajstić information content (AvgIpc) is 2.98. The number of amides is 2. The minimum atomic E-state index is -1.85. The maximum Gasteiger partial charge on any atom is 0.253 e. The van der Waals surface area contributed by atoms with Crippen molar-refractivity contribution in [2.75, 3.05) is 18.6 Å². The molecule has 0 spiro atoms. The van der Waals surface area contributed by atoms with Crippen LogP contribution in [-0.4, -0.2) is 71.3 Å². The molecule has 1 unspecified atom stereocenters. The molecule has 212 valence electrons. The number of halogens is 2. The second kappa shape index (κ2) is 12.6. The standard InChI is InChI=1S/C28H34F2N2O7/c1-28(2,3)10-9-21(33)23(34)24(35)25(38-4)26(36)31-19-15-39-22-8-6-5-7-20(22)32(27(19)37)14-16-11-17(29)13-18(30)12-16/h5-13,19,21,23-25,33-35H,14-15H2,1-4H3,(H,31,36)/b10-9+/t19?,21-,23+,24-,25-/m1/s1. The molecule has 39 heavy (non-hydrogen) atoms. The molecule has 3 rings (SSSR count). The van der Waals surface area contributed by atoms with E-state index in [2.05, 4.69) is 5.32 Å². The number of rotatable bonds is 9. The summed E-state index contributed by atoms with van der Waals surface area (Å²) in [6.07, 6.45) is -3.81. The van der Waals surface area contributed by atoms with Crippen molar-refractivity contribution in [3.63, 3.8) is 0 Å². The third-order valence-electron chi connectivity index (χ3n) is 6.02. The zero-order valence-electron chi connectivity index (χ0n) is 22.2. The monoisotopic (exact) mass is 548 g/mol. The molecule has 2 amide bonds. The van der Waals surface area contributed by atoms with Crippen LogP contribution in [0.4, 0.5) is 14.5 Å². The molecule has 5 atom stereocenters. The molecule has 1 aliphatic rings. The smallest absolute Gasteiger partial charge is 0.253 e. The lowest BCUT2D eigenvalue weighted by molar-refractivity contribution is -0.150. The van der Waals surface area contributed by atoms with E-state index in [0.29, 0.717) is 17.5 Å². The molecular weight excluding hydrogens is 514 g/mol. The van der Waals surface area contributed by atoms with E-state index in [0.717, 1.165) is 19.2 Å². The molecule has 9 nitrogen and oxygen atoms in total. The summed E-state index contributed by atoms with van der Waals surface area (Å²) in [5.74, 6) is -2.89. The van der Waals surface area contributed by atoms with Crippen LogP contribution in [0.3, 0.4) is 0 Å². The number of carbonyl (C=O) groups is 2. The van der Waals surface area contributed by atoms with Gasteiger partial charge in [0.25, 0.3) is 11.8 Å². The molecule has 4 N–H and O–H groups in total. The van der Waals surface area contributed by atoms with Gasteiger partial charge in [-0.25, -0.2) is 8.78 Å². The van der Waals surface area contributed by atoms with E-state index < -0.39 is 53.9 Å². The molecule has 1 aliphatic heterocycles. The maximum atomic E-state index is 13.8. The quantitative estimate of drug-likeness (QED) is 0.353. The van der Waals surface area contributed by atoms with Gasteiger partial charge in [0.2, 0.25) is 0 Å². The number of hydrogen-bond donors (Lipinski definition) is 4. The largest absolute Gasteiger partial charge is 0.489 e. The Kier molecular flexibility index (Phi) is 9.78. The van der Waals surface area contributed by atoms with Crippen molar-refractivity contribution in [2.24, 2.45) is 5.41 Å². The van der Waals surface area contributed by atoms with E-state index in [4.69, 9.17) is 9.47 Å². The Morgan fingerprint density at radius 3 is 2.41 bits per heavy atom. The van der Waals surface area contributed by atoms with Gasteiger partial charge >= 0.3 is 0 Å². The van der Waals surface area contributed by atoms with Gasteiger partial charge in [0.05, 0.1) is 12.2 Å². The number of ether oxygens (including phenoxy) is 2. The maximum absolute atomic E-state index is 13.8. The number of nitrogens with zero attached hydrogens (tertiary/aromatic N) is 1. The lowest BCUT2D eigenvalue weighted by Crippen LogP contribution is -2.57. The molecule has 0 saturated carbocycles. The van der Waals surface area contributed by atoms with E-state index in [-0.39, 0.29) is 24.1 Å². The summed E-state index contributed by atoms with van der Waals surface area (Å²) in [5.41, 5.74) is 0.203. The molecule has 2 aromatic carbocycles. The van der Waals surface area contributed by atoms with Crippen molar-refractivity contribution in [3.8, 4) is 5.75 Å². The van der Waals surface area contributed by atoms with Crippen molar-refractivity contribution >= 4 is 17.5 Å². The van der Waals surface area contributed by atoms with Crippen LogP contribution in [0.25, 0.3) is 0 Å².